The van der Waals surface area contributed by atoms with Gasteiger partial charge < -0.3 is 4.84 Å². The maximum absolute atomic E-state index is 9.97. The first-order valence-electron chi connectivity index (χ1n) is 3.49. The highest BCUT2D eigenvalue weighted by atomic mass is 17.0. The van der Waals surface area contributed by atoms with Crippen molar-refractivity contribution in [3.63, 3.8) is 0 Å². The van der Waals surface area contributed by atoms with Gasteiger partial charge in [-0.3, -0.25) is 10.1 Å². The summed E-state index contributed by atoms with van der Waals surface area (Å²) in [5, 5.41) is 18.8. The van der Waals surface area contributed by atoms with Crippen molar-refractivity contribution in [1.29, 1.82) is 0 Å². The molecule has 0 aliphatic rings. The van der Waals surface area contributed by atoms with Gasteiger partial charge in [0.25, 0.3) is 5.09 Å². The van der Waals surface area contributed by atoms with E-state index in [1.807, 2.05) is 0 Å². The molecule has 1 atom stereocenters. The maximum Gasteiger partial charge on any atom is 0.295 e. The van der Waals surface area contributed by atoms with Gasteiger partial charge in [0.1, 0.15) is 0 Å². The van der Waals surface area contributed by atoms with E-state index in [2.05, 4.69) is 4.84 Å². The molecule has 0 rings (SSSR count). The fourth-order valence-electron chi connectivity index (χ4n) is 0.787. The fraction of sp³-hybridized carbons (Fsp3) is 1.00. The van der Waals surface area contributed by atoms with E-state index in [0.717, 1.165) is 0 Å². The Hall–Kier alpha value is -1.40. The zero-order valence-electron chi connectivity index (χ0n) is 6.63. The van der Waals surface area contributed by atoms with Crippen LogP contribution in [0.5, 0.6) is 0 Å². The lowest BCUT2D eigenvalue weighted by Gasteiger charge is -2.07. The minimum atomic E-state index is -0.996. The Labute approximate surface area is 68.6 Å². The van der Waals surface area contributed by atoms with Crippen LogP contribution in [0, 0.1) is 20.2 Å². The third-order valence-corrected chi connectivity index (χ3v) is 1.20. The average Bonchev–Trinajstić information content (AvgIpc) is 1.84. The molecule has 12 heavy (non-hydrogen) atoms. The molecule has 0 spiro atoms. The molecule has 70 valence electrons. The van der Waals surface area contributed by atoms with Gasteiger partial charge >= 0.3 is 0 Å². The molecule has 0 radical (unpaired) electrons. The van der Waals surface area contributed by atoms with Crippen LogP contribution in [-0.4, -0.2) is 22.7 Å². The molecule has 0 aromatic carbocycles. The van der Waals surface area contributed by atoms with Crippen LogP contribution >= 0.6 is 0 Å². The first-order chi connectivity index (χ1) is 5.56. The van der Waals surface area contributed by atoms with Crippen LogP contribution in [0.1, 0.15) is 19.8 Å². The molecule has 0 aromatic rings. The van der Waals surface area contributed by atoms with Gasteiger partial charge in [0.2, 0.25) is 6.54 Å². The Balaban J connectivity index is 3.85. The van der Waals surface area contributed by atoms with E-state index in [1.54, 1.807) is 6.92 Å². The van der Waals surface area contributed by atoms with Crippen molar-refractivity contribution >= 4 is 0 Å². The molecule has 0 aliphatic carbocycles. The highest BCUT2D eigenvalue weighted by Gasteiger charge is 2.17. The van der Waals surface area contributed by atoms with Gasteiger partial charge in [0, 0.05) is 4.92 Å². The second-order valence-corrected chi connectivity index (χ2v) is 2.26. The lowest BCUT2D eigenvalue weighted by Crippen LogP contribution is -2.25. The van der Waals surface area contributed by atoms with Gasteiger partial charge in [-0.1, -0.05) is 13.3 Å². The Morgan fingerprint density at radius 3 is 2.33 bits per heavy atom. The van der Waals surface area contributed by atoms with Crippen LogP contribution in [0.2, 0.25) is 0 Å². The normalized spacial score (nSPS) is 12.1. The second kappa shape index (κ2) is 5.28. The summed E-state index contributed by atoms with van der Waals surface area (Å²) in [6.07, 6.45) is 0.0221. The Morgan fingerprint density at radius 2 is 2.00 bits per heavy atom. The molecule has 0 bridgehead atoms. The first kappa shape index (κ1) is 10.6. The zero-order valence-corrected chi connectivity index (χ0v) is 6.63. The third-order valence-electron chi connectivity index (χ3n) is 1.20. The van der Waals surface area contributed by atoms with Gasteiger partial charge in [-0.05, 0) is 6.42 Å². The monoisotopic (exact) mass is 178 g/mol. The summed E-state index contributed by atoms with van der Waals surface area (Å²) in [7, 11) is 0. The van der Waals surface area contributed by atoms with E-state index >= 15 is 0 Å². The molecule has 0 N–H and O–H groups in total. The quantitative estimate of drug-likeness (QED) is 0.439. The van der Waals surface area contributed by atoms with Crippen molar-refractivity contribution < 1.29 is 14.8 Å². The van der Waals surface area contributed by atoms with Gasteiger partial charge in [-0.15, -0.1) is 10.1 Å². The second-order valence-electron chi connectivity index (χ2n) is 2.26. The van der Waals surface area contributed by atoms with Crippen molar-refractivity contribution in [2.45, 2.75) is 25.9 Å². The largest absolute Gasteiger partial charge is 0.304 e. The Kier molecular flexibility index (Phi) is 4.66. The molecule has 0 amide bonds. The van der Waals surface area contributed by atoms with Crippen LogP contribution in [0.4, 0.5) is 0 Å². The van der Waals surface area contributed by atoms with Crippen LogP contribution in [0.25, 0.3) is 0 Å². The van der Waals surface area contributed by atoms with Gasteiger partial charge in [-0.25, -0.2) is 0 Å². The molecule has 0 fully saturated rings. The van der Waals surface area contributed by atoms with E-state index in [4.69, 9.17) is 0 Å². The minimum absolute atomic E-state index is 0.321. The number of nitrogens with zero attached hydrogens (tertiary/aromatic N) is 2. The van der Waals surface area contributed by atoms with Crippen LogP contribution < -0.4 is 0 Å². The lowest BCUT2D eigenvalue weighted by atomic mass is 10.2. The minimum Gasteiger partial charge on any atom is -0.304 e. The first-order valence-corrected chi connectivity index (χ1v) is 3.49. The smallest absolute Gasteiger partial charge is 0.295 e. The molecule has 7 heteroatoms. The van der Waals surface area contributed by atoms with Crippen molar-refractivity contribution in [3.8, 4) is 0 Å². The summed E-state index contributed by atoms with van der Waals surface area (Å²) in [5.74, 6) is 0. The summed E-state index contributed by atoms with van der Waals surface area (Å²) in [5.41, 5.74) is 0. The molecule has 7 nitrogen and oxygen atoms in total. The summed E-state index contributed by atoms with van der Waals surface area (Å²) < 4.78 is 0. The lowest BCUT2D eigenvalue weighted by molar-refractivity contribution is -0.774. The molecule has 0 aromatic heterocycles. The number of nitro groups is 1. The standard InChI is InChI=1S/C5H10N2O5/c1-2-3-5(4-6(8)9)12-7(10)11/h5H,2-4H2,1H3. The zero-order chi connectivity index (χ0) is 9.56. The highest BCUT2D eigenvalue weighted by molar-refractivity contribution is 4.51. The van der Waals surface area contributed by atoms with E-state index in [1.165, 1.54) is 0 Å². The van der Waals surface area contributed by atoms with Gasteiger partial charge in [0.15, 0.2) is 6.10 Å². The van der Waals surface area contributed by atoms with Crippen molar-refractivity contribution in [1.82, 2.24) is 0 Å². The molecular weight excluding hydrogens is 168 g/mol. The van der Waals surface area contributed by atoms with E-state index in [0.29, 0.717) is 12.8 Å². The van der Waals surface area contributed by atoms with Crippen molar-refractivity contribution in [2.24, 2.45) is 0 Å². The number of hydrogen-bond acceptors (Lipinski definition) is 5. The predicted octanol–water partition coefficient (Wildman–Crippen LogP) is 0.640. The number of hydrogen-bond donors (Lipinski definition) is 0. The fourth-order valence-corrected chi connectivity index (χ4v) is 0.787. The van der Waals surface area contributed by atoms with Crippen LogP contribution in [-0.2, 0) is 4.84 Å². The molecular formula is C5H10N2O5. The molecule has 0 heterocycles. The predicted molar refractivity (Wildman–Crippen MR) is 38.6 cm³/mol. The van der Waals surface area contributed by atoms with E-state index in [9.17, 15) is 20.2 Å². The summed E-state index contributed by atoms with van der Waals surface area (Å²) in [4.78, 5) is 23.3. The highest BCUT2D eigenvalue weighted by Crippen LogP contribution is 2.02. The molecule has 0 saturated carbocycles. The summed E-state index contributed by atoms with van der Waals surface area (Å²) in [6, 6.07) is 0. The SMILES string of the molecule is CCCC(C[N+](=O)[O-])O[N+](=O)[O-]. The van der Waals surface area contributed by atoms with Gasteiger partial charge in [-0.2, -0.15) is 0 Å². The summed E-state index contributed by atoms with van der Waals surface area (Å²) in [6.45, 7) is 1.26. The van der Waals surface area contributed by atoms with Crippen LogP contribution in [0.15, 0.2) is 0 Å². The molecule has 0 aliphatic heterocycles. The maximum atomic E-state index is 9.97. The van der Waals surface area contributed by atoms with E-state index < -0.39 is 22.7 Å². The Bertz CT molecular complexity index is 155. The summed E-state index contributed by atoms with van der Waals surface area (Å²) >= 11 is 0. The number of rotatable bonds is 6. The Morgan fingerprint density at radius 1 is 1.42 bits per heavy atom. The topological polar surface area (TPSA) is 95.5 Å². The van der Waals surface area contributed by atoms with Crippen molar-refractivity contribution in [3.05, 3.63) is 20.2 Å². The van der Waals surface area contributed by atoms with Crippen molar-refractivity contribution in [2.75, 3.05) is 6.54 Å². The molecule has 0 saturated heterocycles. The molecule has 1 unspecified atom stereocenters. The third kappa shape index (κ3) is 5.39. The van der Waals surface area contributed by atoms with Crippen LogP contribution in [0.3, 0.4) is 0 Å². The van der Waals surface area contributed by atoms with E-state index in [-0.39, 0.29) is 0 Å². The van der Waals surface area contributed by atoms with Gasteiger partial charge in [0.05, 0.1) is 0 Å². The average molecular weight is 178 g/mol.